The Morgan fingerprint density at radius 2 is 1.86 bits per heavy atom. The first-order valence-electron chi connectivity index (χ1n) is 13.4. The van der Waals surface area contributed by atoms with Crippen molar-refractivity contribution in [3.8, 4) is 11.5 Å². The average Bonchev–Trinajstić information content (AvgIpc) is 3.58. The SMILES string of the molecule is C=CCOc1ccc(C2/C(=C(\O)c3ccc(C)cc3)C(=O)C(=O)N2c2nnc(SCc3ccccc3F)s2)cc1OCC. The lowest BCUT2D eigenvalue weighted by molar-refractivity contribution is -0.132. The van der Waals surface area contributed by atoms with Gasteiger partial charge in [-0.2, -0.15) is 0 Å². The monoisotopic (exact) mass is 617 g/mol. The highest BCUT2D eigenvalue weighted by Gasteiger charge is 2.48. The number of rotatable bonds is 11. The van der Waals surface area contributed by atoms with Gasteiger partial charge in [-0.15, -0.1) is 10.2 Å². The summed E-state index contributed by atoms with van der Waals surface area (Å²) in [5.74, 6) is -1.18. The number of amides is 1. The molecule has 1 aliphatic rings. The number of aromatic nitrogens is 2. The second kappa shape index (κ2) is 13.2. The Hall–Kier alpha value is -4.48. The van der Waals surface area contributed by atoms with E-state index in [1.165, 1.54) is 22.7 Å². The first kappa shape index (κ1) is 30.0. The molecule has 8 nitrogen and oxygen atoms in total. The molecule has 4 aromatic rings. The molecule has 0 aliphatic carbocycles. The van der Waals surface area contributed by atoms with Crippen molar-refractivity contribution in [2.24, 2.45) is 0 Å². The number of aryl methyl sites for hydroxylation is 1. The molecule has 2 heterocycles. The van der Waals surface area contributed by atoms with Crippen LogP contribution >= 0.6 is 23.1 Å². The fraction of sp³-hybridized carbons (Fsp3) is 0.188. The summed E-state index contributed by atoms with van der Waals surface area (Å²) < 4.78 is 26.2. The van der Waals surface area contributed by atoms with Gasteiger partial charge in [0, 0.05) is 11.3 Å². The zero-order valence-electron chi connectivity index (χ0n) is 23.5. The van der Waals surface area contributed by atoms with Crippen LogP contribution in [0.4, 0.5) is 9.52 Å². The lowest BCUT2D eigenvalue weighted by Gasteiger charge is -2.23. The minimum absolute atomic E-state index is 0.0909. The third-order valence-corrected chi connectivity index (χ3v) is 8.73. The van der Waals surface area contributed by atoms with E-state index in [0.717, 1.165) is 16.9 Å². The van der Waals surface area contributed by atoms with Gasteiger partial charge in [-0.3, -0.25) is 14.5 Å². The van der Waals surface area contributed by atoms with Gasteiger partial charge in [-0.25, -0.2) is 4.39 Å². The van der Waals surface area contributed by atoms with Gasteiger partial charge in [-0.05, 0) is 43.2 Å². The number of aliphatic hydroxyl groups is 1. The lowest BCUT2D eigenvalue weighted by atomic mass is 9.95. The minimum atomic E-state index is -1.04. The van der Waals surface area contributed by atoms with E-state index in [-0.39, 0.29) is 28.9 Å². The van der Waals surface area contributed by atoms with Gasteiger partial charge in [0.1, 0.15) is 18.2 Å². The number of halogens is 1. The summed E-state index contributed by atoms with van der Waals surface area (Å²) in [5.41, 5.74) is 2.28. The first-order chi connectivity index (χ1) is 20.8. The molecule has 5 rings (SSSR count). The fourth-order valence-electron chi connectivity index (χ4n) is 4.56. The normalized spacial score (nSPS) is 16.0. The molecule has 0 spiro atoms. The van der Waals surface area contributed by atoms with Gasteiger partial charge in [0.15, 0.2) is 15.8 Å². The van der Waals surface area contributed by atoms with E-state index in [4.69, 9.17) is 9.47 Å². The largest absolute Gasteiger partial charge is 0.507 e. The van der Waals surface area contributed by atoms with Crippen LogP contribution in [0.2, 0.25) is 0 Å². The Labute approximate surface area is 256 Å². The maximum absolute atomic E-state index is 14.2. The van der Waals surface area contributed by atoms with E-state index in [0.29, 0.717) is 44.9 Å². The second-order valence-electron chi connectivity index (χ2n) is 9.50. The van der Waals surface area contributed by atoms with Crippen LogP contribution < -0.4 is 14.4 Å². The predicted molar refractivity (Wildman–Crippen MR) is 165 cm³/mol. The number of aliphatic hydroxyl groups excluding tert-OH is 1. The van der Waals surface area contributed by atoms with E-state index in [9.17, 15) is 19.1 Å². The van der Waals surface area contributed by atoms with Crippen molar-refractivity contribution in [3.63, 3.8) is 0 Å². The van der Waals surface area contributed by atoms with Crippen molar-refractivity contribution in [3.05, 3.63) is 113 Å². The summed E-state index contributed by atoms with van der Waals surface area (Å²) in [4.78, 5) is 28.4. The highest BCUT2D eigenvalue weighted by molar-refractivity contribution is 8.00. The third-order valence-electron chi connectivity index (χ3n) is 6.62. The molecule has 3 aromatic carbocycles. The molecule has 1 aliphatic heterocycles. The van der Waals surface area contributed by atoms with Crippen LogP contribution in [-0.2, 0) is 15.3 Å². The molecule has 11 heteroatoms. The summed E-state index contributed by atoms with van der Waals surface area (Å²) in [7, 11) is 0. The average molecular weight is 618 g/mol. The Morgan fingerprint density at radius 1 is 1.09 bits per heavy atom. The Morgan fingerprint density at radius 3 is 2.58 bits per heavy atom. The van der Waals surface area contributed by atoms with E-state index in [2.05, 4.69) is 16.8 Å². The standard InChI is InChI=1S/C32H28FN3O5S2/c1-4-16-41-24-15-14-21(17-25(24)40-5-2)27-26(28(37)20-12-10-19(3)11-13-20)29(38)30(39)36(27)31-34-35-32(43-31)42-18-22-8-6-7-9-23(22)33/h4,6-15,17,27,37H,1,5,16,18H2,2-3H3/b28-26+. The number of benzene rings is 3. The number of ketones is 1. The van der Waals surface area contributed by atoms with Crippen molar-refractivity contribution >= 4 is 45.7 Å². The Bertz CT molecular complexity index is 1700. The van der Waals surface area contributed by atoms with Crippen molar-refractivity contribution in [2.45, 2.75) is 30.0 Å². The summed E-state index contributed by atoms with van der Waals surface area (Å²) in [6.07, 6.45) is 1.61. The molecule has 1 N–H and O–H groups in total. The molecule has 1 atom stereocenters. The number of thioether (sulfide) groups is 1. The number of carbonyl (C=O) groups excluding carboxylic acids is 2. The maximum Gasteiger partial charge on any atom is 0.301 e. The second-order valence-corrected chi connectivity index (χ2v) is 11.7. The van der Waals surface area contributed by atoms with Crippen LogP contribution in [0.5, 0.6) is 11.5 Å². The smallest absolute Gasteiger partial charge is 0.301 e. The molecule has 0 bridgehead atoms. The molecule has 0 saturated carbocycles. The zero-order chi connectivity index (χ0) is 30.5. The van der Waals surface area contributed by atoms with Gasteiger partial charge < -0.3 is 14.6 Å². The van der Waals surface area contributed by atoms with Crippen LogP contribution in [0.1, 0.15) is 35.2 Å². The van der Waals surface area contributed by atoms with E-state index >= 15 is 0 Å². The molecule has 220 valence electrons. The summed E-state index contributed by atoms with van der Waals surface area (Å²) in [6.45, 7) is 8.01. The lowest BCUT2D eigenvalue weighted by Crippen LogP contribution is -2.29. The molecule has 1 amide bonds. The maximum atomic E-state index is 14.2. The van der Waals surface area contributed by atoms with Gasteiger partial charge >= 0.3 is 5.91 Å². The summed E-state index contributed by atoms with van der Waals surface area (Å²) >= 11 is 2.37. The van der Waals surface area contributed by atoms with E-state index in [1.54, 1.807) is 54.6 Å². The first-order valence-corrected chi connectivity index (χ1v) is 15.2. The third kappa shape index (κ3) is 6.32. The van der Waals surface area contributed by atoms with E-state index in [1.807, 2.05) is 26.0 Å². The molecule has 43 heavy (non-hydrogen) atoms. The van der Waals surface area contributed by atoms with Crippen LogP contribution in [0.3, 0.4) is 0 Å². The minimum Gasteiger partial charge on any atom is -0.507 e. The van der Waals surface area contributed by atoms with Gasteiger partial charge in [-0.1, -0.05) is 89.8 Å². The molecule has 1 saturated heterocycles. The number of hydrogen-bond acceptors (Lipinski definition) is 9. The predicted octanol–water partition coefficient (Wildman–Crippen LogP) is 6.87. The number of anilines is 1. The zero-order valence-corrected chi connectivity index (χ0v) is 25.1. The van der Waals surface area contributed by atoms with Crippen LogP contribution in [0.15, 0.2) is 89.3 Å². The van der Waals surface area contributed by atoms with Crippen molar-refractivity contribution < 1.29 is 28.6 Å². The Balaban J connectivity index is 1.58. The highest BCUT2D eigenvalue weighted by Crippen LogP contribution is 2.45. The number of hydrogen-bond donors (Lipinski definition) is 1. The van der Waals surface area contributed by atoms with Crippen LogP contribution in [-0.4, -0.2) is 40.2 Å². The van der Waals surface area contributed by atoms with E-state index < -0.39 is 17.7 Å². The van der Waals surface area contributed by atoms with Crippen molar-refractivity contribution in [2.75, 3.05) is 18.1 Å². The number of nitrogens with zero attached hydrogens (tertiary/aromatic N) is 3. The quantitative estimate of drug-likeness (QED) is 0.0486. The highest BCUT2D eigenvalue weighted by atomic mass is 32.2. The molecule has 1 unspecified atom stereocenters. The molecule has 1 fully saturated rings. The van der Waals surface area contributed by atoms with Crippen molar-refractivity contribution in [1.82, 2.24) is 10.2 Å². The number of ether oxygens (including phenoxy) is 2. The topological polar surface area (TPSA) is 102 Å². The van der Waals surface area contributed by atoms with Crippen LogP contribution in [0.25, 0.3) is 5.76 Å². The van der Waals surface area contributed by atoms with Gasteiger partial charge in [0.05, 0.1) is 18.2 Å². The Kier molecular flexibility index (Phi) is 9.22. The number of carbonyl (C=O) groups is 2. The molecule has 0 radical (unpaired) electrons. The molecular formula is C32H28FN3O5S2. The fourth-order valence-corrected chi connectivity index (χ4v) is 6.41. The summed E-state index contributed by atoms with van der Waals surface area (Å²) in [5, 5.41) is 20.0. The van der Waals surface area contributed by atoms with Gasteiger partial charge in [0.2, 0.25) is 5.13 Å². The van der Waals surface area contributed by atoms with Crippen LogP contribution in [0, 0.1) is 12.7 Å². The summed E-state index contributed by atoms with van der Waals surface area (Å²) in [6, 6.07) is 17.5. The van der Waals surface area contributed by atoms with Gasteiger partial charge in [0.25, 0.3) is 5.78 Å². The number of Topliss-reactive ketones (excluding diaryl/α,β-unsaturated/α-hetero) is 1. The van der Waals surface area contributed by atoms with Crippen molar-refractivity contribution in [1.29, 1.82) is 0 Å². The molecule has 1 aromatic heterocycles. The molecular weight excluding hydrogens is 590 g/mol.